The van der Waals surface area contributed by atoms with Crippen molar-refractivity contribution in [2.45, 2.75) is 38.8 Å². The number of rotatable bonds is 0. The average Bonchev–Trinajstić information content (AvgIpc) is 1.87. The van der Waals surface area contributed by atoms with Gasteiger partial charge in [-0.25, -0.2) is 0 Å². The topological polar surface area (TPSA) is 12.0 Å². The van der Waals surface area contributed by atoms with E-state index in [0.29, 0.717) is 0 Å². The molecule has 0 aromatic carbocycles. The smallest absolute Gasteiger partial charge is 0.00417 e. The van der Waals surface area contributed by atoms with Crippen LogP contribution in [-0.4, -0.2) is 12.1 Å². The highest BCUT2D eigenvalue weighted by molar-refractivity contribution is 4.76. The van der Waals surface area contributed by atoms with Gasteiger partial charge in [-0.3, -0.25) is 0 Å². The molecular formula is C6H15N. The SMILES string of the molecule is CC1CCC(C)N1.[HH]. The van der Waals surface area contributed by atoms with Crippen molar-refractivity contribution in [3.63, 3.8) is 0 Å². The fraction of sp³-hybridized carbons (Fsp3) is 1.00. The molecule has 1 saturated heterocycles. The molecule has 44 valence electrons. The van der Waals surface area contributed by atoms with Gasteiger partial charge in [-0.15, -0.1) is 0 Å². The Labute approximate surface area is 46.6 Å². The molecule has 1 fully saturated rings. The minimum atomic E-state index is 0. The van der Waals surface area contributed by atoms with Crippen molar-refractivity contribution in [3.8, 4) is 0 Å². The van der Waals surface area contributed by atoms with E-state index in [1.807, 2.05) is 0 Å². The molecular weight excluding hydrogens is 86.1 g/mol. The van der Waals surface area contributed by atoms with Crippen molar-refractivity contribution in [2.75, 3.05) is 0 Å². The van der Waals surface area contributed by atoms with E-state index in [1.165, 1.54) is 12.8 Å². The van der Waals surface area contributed by atoms with Crippen LogP contribution in [0.4, 0.5) is 0 Å². The Hall–Kier alpha value is -0.0400. The summed E-state index contributed by atoms with van der Waals surface area (Å²) in [4.78, 5) is 0. The Bertz CT molecular complexity index is 57.5. The standard InChI is InChI=1S/C6H13N.H2/c1-5-3-4-6(2)7-5;/h5-7H,3-4H2,1-2H3;1H. The van der Waals surface area contributed by atoms with Gasteiger partial charge < -0.3 is 5.32 Å². The van der Waals surface area contributed by atoms with E-state index >= 15 is 0 Å². The third-order valence-electron chi connectivity index (χ3n) is 1.60. The molecule has 1 aliphatic rings. The molecule has 2 atom stereocenters. The lowest BCUT2D eigenvalue weighted by Crippen LogP contribution is -2.23. The monoisotopic (exact) mass is 101 g/mol. The second-order valence-electron chi connectivity index (χ2n) is 2.55. The van der Waals surface area contributed by atoms with Crippen LogP contribution in [0.5, 0.6) is 0 Å². The molecule has 0 aromatic heterocycles. The maximum Gasteiger partial charge on any atom is 0.00417 e. The van der Waals surface area contributed by atoms with Gasteiger partial charge in [0.05, 0.1) is 0 Å². The third kappa shape index (κ3) is 1.16. The zero-order chi connectivity index (χ0) is 5.28. The quantitative estimate of drug-likeness (QED) is 0.486. The lowest BCUT2D eigenvalue weighted by Gasteiger charge is -2.01. The van der Waals surface area contributed by atoms with Gasteiger partial charge in [0, 0.05) is 13.5 Å². The number of hydrogen-bond donors (Lipinski definition) is 1. The van der Waals surface area contributed by atoms with Gasteiger partial charge >= 0.3 is 0 Å². The summed E-state index contributed by atoms with van der Waals surface area (Å²) in [5.74, 6) is 0. The maximum absolute atomic E-state index is 3.42. The average molecular weight is 101 g/mol. The summed E-state index contributed by atoms with van der Waals surface area (Å²) in [6.45, 7) is 4.48. The van der Waals surface area contributed by atoms with Crippen molar-refractivity contribution in [3.05, 3.63) is 0 Å². The van der Waals surface area contributed by atoms with Crippen molar-refractivity contribution >= 4 is 0 Å². The molecule has 1 heteroatoms. The first-order valence-corrected chi connectivity index (χ1v) is 3.05. The van der Waals surface area contributed by atoms with Gasteiger partial charge in [-0.05, 0) is 26.7 Å². The zero-order valence-electron chi connectivity index (χ0n) is 5.07. The third-order valence-corrected chi connectivity index (χ3v) is 1.60. The molecule has 1 aliphatic heterocycles. The van der Waals surface area contributed by atoms with Gasteiger partial charge in [0.25, 0.3) is 0 Å². The fourth-order valence-corrected chi connectivity index (χ4v) is 1.15. The lowest BCUT2D eigenvalue weighted by atomic mass is 10.2. The van der Waals surface area contributed by atoms with E-state index in [4.69, 9.17) is 0 Å². The summed E-state index contributed by atoms with van der Waals surface area (Å²) in [6, 6.07) is 1.55. The van der Waals surface area contributed by atoms with Crippen LogP contribution in [0, 0.1) is 0 Å². The highest BCUT2D eigenvalue weighted by Gasteiger charge is 2.14. The number of hydrogen-bond acceptors (Lipinski definition) is 1. The molecule has 0 amide bonds. The number of nitrogens with one attached hydrogen (secondary N) is 1. The molecule has 0 spiro atoms. The van der Waals surface area contributed by atoms with Crippen LogP contribution in [0.1, 0.15) is 28.1 Å². The minimum Gasteiger partial charge on any atom is -0.312 e. The predicted molar refractivity (Wildman–Crippen MR) is 33.4 cm³/mol. The van der Waals surface area contributed by atoms with E-state index < -0.39 is 0 Å². The summed E-state index contributed by atoms with van der Waals surface area (Å²) >= 11 is 0. The zero-order valence-corrected chi connectivity index (χ0v) is 5.07. The van der Waals surface area contributed by atoms with Crippen molar-refractivity contribution in [2.24, 2.45) is 0 Å². The Morgan fingerprint density at radius 1 is 1.29 bits per heavy atom. The highest BCUT2D eigenvalue weighted by atomic mass is 15.0. The van der Waals surface area contributed by atoms with Crippen LogP contribution < -0.4 is 5.32 Å². The first-order valence-electron chi connectivity index (χ1n) is 3.05. The lowest BCUT2D eigenvalue weighted by molar-refractivity contribution is 0.596. The molecule has 7 heavy (non-hydrogen) atoms. The molecule has 1 rings (SSSR count). The minimum absolute atomic E-state index is 0. The molecule has 2 unspecified atom stereocenters. The van der Waals surface area contributed by atoms with Gasteiger partial charge in [-0.1, -0.05) is 0 Å². The molecule has 1 heterocycles. The van der Waals surface area contributed by atoms with Crippen LogP contribution >= 0.6 is 0 Å². The van der Waals surface area contributed by atoms with Crippen molar-refractivity contribution < 1.29 is 1.43 Å². The van der Waals surface area contributed by atoms with E-state index in [0.717, 1.165) is 12.1 Å². The molecule has 0 radical (unpaired) electrons. The largest absolute Gasteiger partial charge is 0.312 e. The van der Waals surface area contributed by atoms with Crippen molar-refractivity contribution in [1.82, 2.24) is 5.32 Å². The molecule has 0 aliphatic carbocycles. The highest BCUT2D eigenvalue weighted by Crippen LogP contribution is 2.09. The maximum atomic E-state index is 3.42. The summed E-state index contributed by atoms with van der Waals surface area (Å²) in [5, 5.41) is 3.42. The first-order chi connectivity index (χ1) is 3.29. The molecule has 0 aromatic rings. The second kappa shape index (κ2) is 1.83. The van der Waals surface area contributed by atoms with E-state index in [1.54, 1.807) is 0 Å². The van der Waals surface area contributed by atoms with Crippen LogP contribution in [0.2, 0.25) is 0 Å². The van der Waals surface area contributed by atoms with Gasteiger partial charge in [0.15, 0.2) is 0 Å². The van der Waals surface area contributed by atoms with E-state index in [2.05, 4.69) is 19.2 Å². The molecule has 1 nitrogen and oxygen atoms in total. The summed E-state index contributed by atoms with van der Waals surface area (Å²) in [5.41, 5.74) is 0. The van der Waals surface area contributed by atoms with E-state index in [9.17, 15) is 0 Å². The first kappa shape index (κ1) is 5.10. The fourth-order valence-electron chi connectivity index (χ4n) is 1.15. The van der Waals surface area contributed by atoms with Crippen LogP contribution in [-0.2, 0) is 0 Å². The second-order valence-corrected chi connectivity index (χ2v) is 2.55. The van der Waals surface area contributed by atoms with Gasteiger partial charge in [-0.2, -0.15) is 0 Å². The normalized spacial score (nSPS) is 42.0. The van der Waals surface area contributed by atoms with E-state index in [-0.39, 0.29) is 1.43 Å². The molecule has 1 N–H and O–H groups in total. The van der Waals surface area contributed by atoms with Gasteiger partial charge in [0.1, 0.15) is 0 Å². The summed E-state index contributed by atoms with van der Waals surface area (Å²) < 4.78 is 0. The summed E-state index contributed by atoms with van der Waals surface area (Å²) in [6.07, 6.45) is 2.72. The van der Waals surface area contributed by atoms with Crippen LogP contribution in [0.15, 0.2) is 0 Å². The Morgan fingerprint density at radius 2 is 1.71 bits per heavy atom. The Morgan fingerprint density at radius 3 is 1.86 bits per heavy atom. The predicted octanol–water partition coefficient (Wildman–Crippen LogP) is 1.39. The Kier molecular flexibility index (Phi) is 1.33. The van der Waals surface area contributed by atoms with Gasteiger partial charge in [0.2, 0.25) is 0 Å². The Balaban J connectivity index is 0.000000490. The molecule has 0 bridgehead atoms. The van der Waals surface area contributed by atoms with Crippen molar-refractivity contribution in [1.29, 1.82) is 0 Å². The summed E-state index contributed by atoms with van der Waals surface area (Å²) in [7, 11) is 0. The van der Waals surface area contributed by atoms with Crippen LogP contribution in [0.25, 0.3) is 0 Å². The van der Waals surface area contributed by atoms with Crippen LogP contribution in [0.3, 0.4) is 0 Å². The molecule has 0 saturated carbocycles.